The molecule has 0 aromatic heterocycles. The van der Waals surface area contributed by atoms with Gasteiger partial charge in [-0.3, -0.25) is 9.36 Å². The molecule has 0 radical (unpaired) electrons. The van der Waals surface area contributed by atoms with Gasteiger partial charge in [0.1, 0.15) is 5.60 Å². The van der Waals surface area contributed by atoms with Crippen molar-refractivity contribution in [2.24, 2.45) is 0 Å². The van der Waals surface area contributed by atoms with Crippen molar-refractivity contribution in [2.45, 2.75) is 98.8 Å². The van der Waals surface area contributed by atoms with Crippen molar-refractivity contribution in [2.75, 3.05) is 13.2 Å². The molecule has 1 atom stereocenters. The Balaban J connectivity index is 5.05. The SMILES string of the molecule is CCOP(=O)(OCC)C(CCC/C=C(\C)CCC=C(C)C)C(=O)OC(C)(C)C. The van der Waals surface area contributed by atoms with Crippen LogP contribution >= 0.6 is 7.60 Å². The van der Waals surface area contributed by atoms with Crippen LogP contribution in [-0.2, 0) is 23.1 Å². The first-order valence-electron chi connectivity index (χ1n) is 10.4. The fraction of sp³-hybridized carbons (Fsp3) is 0.773. The van der Waals surface area contributed by atoms with Gasteiger partial charge in [0.25, 0.3) is 0 Å². The molecule has 164 valence electrons. The van der Waals surface area contributed by atoms with Gasteiger partial charge in [-0.05, 0) is 87.5 Å². The maximum atomic E-state index is 13.2. The molecule has 0 rings (SSSR count). The number of unbranched alkanes of at least 4 members (excludes halogenated alkanes) is 1. The molecule has 0 saturated heterocycles. The highest BCUT2D eigenvalue weighted by Crippen LogP contribution is 2.55. The molecule has 0 aliphatic heterocycles. The monoisotopic (exact) mass is 416 g/mol. The smallest absolute Gasteiger partial charge is 0.344 e. The van der Waals surface area contributed by atoms with E-state index in [1.807, 2.05) is 0 Å². The highest BCUT2D eigenvalue weighted by atomic mass is 31.2. The van der Waals surface area contributed by atoms with Crippen LogP contribution in [0, 0.1) is 0 Å². The summed E-state index contributed by atoms with van der Waals surface area (Å²) in [7, 11) is -3.57. The van der Waals surface area contributed by atoms with Gasteiger partial charge in [-0.15, -0.1) is 0 Å². The summed E-state index contributed by atoms with van der Waals surface area (Å²) >= 11 is 0. The minimum atomic E-state index is -3.57. The van der Waals surface area contributed by atoms with E-state index in [2.05, 4.69) is 32.9 Å². The first-order chi connectivity index (χ1) is 12.9. The number of allylic oxidation sites excluding steroid dienone is 4. The van der Waals surface area contributed by atoms with Gasteiger partial charge in [-0.1, -0.05) is 23.3 Å². The summed E-state index contributed by atoms with van der Waals surface area (Å²) in [5.74, 6) is -0.512. The second kappa shape index (κ2) is 13.3. The molecule has 0 spiro atoms. The zero-order valence-electron chi connectivity index (χ0n) is 19.2. The Morgan fingerprint density at radius 1 is 1.00 bits per heavy atom. The van der Waals surface area contributed by atoms with E-state index in [-0.39, 0.29) is 13.2 Å². The zero-order valence-corrected chi connectivity index (χ0v) is 20.1. The Labute approximate surface area is 172 Å². The van der Waals surface area contributed by atoms with Crippen LogP contribution in [0.3, 0.4) is 0 Å². The number of hydrogen-bond donors (Lipinski definition) is 0. The van der Waals surface area contributed by atoms with Crippen molar-refractivity contribution in [1.29, 1.82) is 0 Å². The molecule has 0 aliphatic carbocycles. The predicted molar refractivity (Wildman–Crippen MR) is 117 cm³/mol. The van der Waals surface area contributed by atoms with Crippen molar-refractivity contribution in [3.8, 4) is 0 Å². The maximum absolute atomic E-state index is 13.2. The average molecular weight is 417 g/mol. The summed E-state index contributed by atoms with van der Waals surface area (Å²) in [5, 5.41) is 0. The molecule has 0 heterocycles. The molecule has 0 bridgehead atoms. The van der Waals surface area contributed by atoms with Crippen LogP contribution in [0.2, 0.25) is 0 Å². The Morgan fingerprint density at radius 3 is 2.04 bits per heavy atom. The molecule has 1 unspecified atom stereocenters. The van der Waals surface area contributed by atoms with E-state index in [1.54, 1.807) is 34.6 Å². The van der Waals surface area contributed by atoms with E-state index >= 15 is 0 Å². The van der Waals surface area contributed by atoms with Crippen LogP contribution in [0.5, 0.6) is 0 Å². The second-order valence-corrected chi connectivity index (χ2v) is 10.4. The van der Waals surface area contributed by atoms with Gasteiger partial charge < -0.3 is 13.8 Å². The van der Waals surface area contributed by atoms with Crippen molar-refractivity contribution in [1.82, 2.24) is 0 Å². The molecule has 0 aromatic rings. The fourth-order valence-electron chi connectivity index (χ4n) is 2.70. The first-order valence-corrected chi connectivity index (χ1v) is 12.0. The van der Waals surface area contributed by atoms with Crippen LogP contribution in [-0.4, -0.2) is 30.4 Å². The summed E-state index contributed by atoms with van der Waals surface area (Å²) in [4.78, 5) is 12.7. The van der Waals surface area contributed by atoms with E-state index in [1.165, 1.54) is 11.1 Å². The van der Waals surface area contributed by atoms with Crippen LogP contribution in [0.15, 0.2) is 23.3 Å². The Kier molecular flexibility index (Phi) is 12.9. The highest BCUT2D eigenvalue weighted by molar-refractivity contribution is 7.55. The predicted octanol–water partition coefficient (Wildman–Crippen LogP) is 6.83. The molecule has 0 amide bonds. The van der Waals surface area contributed by atoms with E-state index in [0.717, 1.165) is 19.3 Å². The van der Waals surface area contributed by atoms with Gasteiger partial charge in [-0.25, -0.2) is 0 Å². The standard InChI is InChI=1S/C22H41O5P/c1-9-25-28(24,26-10-2)20(21(23)27-22(6,7)8)17-12-11-15-19(5)16-13-14-18(3)4/h14-15,20H,9-13,16-17H2,1-8H3/b19-15+. The van der Waals surface area contributed by atoms with Gasteiger partial charge >= 0.3 is 13.6 Å². The topological polar surface area (TPSA) is 61.8 Å². The Morgan fingerprint density at radius 2 is 1.57 bits per heavy atom. The third-order valence-corrected chi connectivity index (χ3v) is 6.41. The molecule has 28 heavy (non-hydrogen) atoms. The van der Waals surface area contributed by atoms with Crippen molar-refractivity contribution < 1.29 is 23.1 Å². The number of carbonyl (C=O) groups excluding carboxylic acids is 1. The summed E-state index contributed by atoms with van der Waals surface area (Å²) in [5.41, 5.74) is 1.10. The second-order valence-electron chi connectivity index (χ2n) is 8.23. The van der Waals surface area contributed by atoms with Crippen molar-refractivity contribution in [3.05, 3.63) is 23.3 Å². The lowest BCUT2D eigenvalue weighted by molar-refractivity contribution is -0.154. The molecule has 0 aliphatic rings. The lowest BCUT2D eigenvalue weighted by Gasteiger charge is -2.28. The molecule has 0 aromatic carbocycles. The molecular formula is C22H41O5P. The maximum Gasteiger partial charge on any atom is 0.344 e. The summed E-state index contributed by atoms with van der Waals surface area (Å²) in [6.45, 7) is 15.7. The van der Waals surface area contributed by atoms with E-state index in [4.69, 9.17) is 13.8 Å². The van der Waals surface area contributed by atoms with Crippen LogP contribution < -0.4 is 0 Å². The zero-order chi connectivity index (χ0) is 21.8. The molecule has 0 fully saturated rings. The fourth-order valence-corrected chi connectivity index (χ4v) is 4.67. The Bertz CT molecular complexity index is 558. The summed E-state index contributed by atoms with van der Waals surface area (Å²) in [6, 6.07) is 0. The third-order valence-electron chi connectivity index (χ3n) is 3.94. The molecule has 0 N–H and O–H groups in total. The summed E-state index contributed by atoms with van der Waals surface area (Å²) in [6.07, 6.45) is 8.43. The molecular weight excluding hydrogens is 375 g/mol. The number of esters is 1. The van der Waals surface area contributed by atoms with Crippen molar-refractivity contribution in [3.63, 3.8) is 0 Å². The molecule has 6 heteroatoms. The Hall–Kier alpha value is -0.900. The van der Waals surface area contributed by atoms with E-state index in [9.17, 15) is 9.36 Å². The number of ether oxygens (including phenoxy) is 1. The lowest BCUT2D eigenvalue weighted by atomic mass is 10.1. The number of rotatable bonds is 13. The van der Waals surface area contributed by atoms with Crippen LogP contribution in [0.1, 0.15) is 87.5 Å². The first kappa shape index (κ1) is 27.1. The third kappa shape index (κ3) is 11.8. The largest absolute Gasteiger partial charge is 0.459 e. The van der Waals surface area contributed by atoms with Crippen molar-refractivity contribution >= 4 is 13.6 Å². The van der Waals surface area contributed by atoms with Gasteiger partial charge in [-0.2, -0.15) is 0 Å². The van der Waals surface area contributed by atoms with Gasteiger partial charge in [0.15, 0.2) is 5.66 Å². The molecule has 0 saturated carbocycles. The van der Waals surface area contributed by atoms with Crippen LogP contribution in [0.4, 0.5) is 0 Å². The van der Waals surface area contributed by atoms with E-state index in [0.29, 0.717) is 12.8 Å². The highest BCUT2D eigenvalue weighted by Gasteiger charge is 2.42. The molecule has 5 nitrogen and oxygen atoms in total. The quantitative estimate of drug-likeness (QED) is 0.143. The van der Waals surface area contributed by atoms with Gasteiger partial charge in [0.05, 0.1) is 13.2 Å². The van der Waals surface area contributed by atoms with E-state index < -0.39 is 24.8 Å². The van der Waals surface area contributed by atoms with Crippen LogP contribution in [0.25, 0.3) is 0 Å². The van der Waals surface area contributed by atoms with Gasteiger partial charge in [0.2, 0.25) is 0 Å². The lowest BCUT2D eigenvalue weighted by Crippen LogP contribution is -2.33. The average Bonchev–Trinajstić information content (AvgIpc) is 2.52. The normalized spacial score (nSPS) is 13.9. The minimum Gasteiger partial charge on any atom is -0.459 e. The summed E-state index contributed by atoms with van der Waals surface area (Å²) < 4.78 is 29.6. The number of hydrogen-bond acceptors (Lipinski definition) is 5. The minimum absolute atomic E-state index is 0.222. The van der Waals surface area contributed by atoms with Gasteiger partial charge in [0, 0.05) is 0 Å². The number of carbonyl (C=O) groups is 1.